The van der Waals surface area contributed by atoms with Crippen LogP contribution in [-0.4, -0.2) is 19.6 Å². The maximum absolute atomic E-state index is 13.1. The normalized spacial score (nSPS) is 18.4. The Hall–Kier alpha value is -1.49. The van der Waals surface area contributed by atoms with Gasteiger partial charge >= 0.3 is 0 Å². The lowest BCUT2D eigenvalue weighted by atomic mass is 10.2. The summed E-state index contributed by atoms with van der Waals surface area (Å²) >= 11 is 13.8. The summed E-state index contributed by atoms with van der Waals surface area (Å²) < 4.78 is 1.08. The Labute approximate surface area is 160 Å². The fourth-order valence-electron chi connectivity index (χ4n) is 2.86. The number of alkyl halides is 2. The molecular formula is C19H16Cl2N2OS. The zero-order chi connectivity index (χ0) is 17.6. The Morgan fingerprint density at radius 1 is 1.20 bits per heavy atom. The first-order chi connectivity index (χ1) is 12.0. The molecule has 1 aliphatic rings. The second kappa shape index (κ2) is 6.35. The summed E-state index contributed by atoms with van der Waals surface area (Å²) in [7, 11) is 0. The maximum Gasteiger partial charge on any atom is 0.266 e. The monoisotopic (exact) mass is 390 g/mol. The van der Waals surface area contributed by atoms with Crippen molar-refractivity contribution in [2.75, 3.05) is 5.75 Å². The average molecular weight is 391 g/mol. The Morgan fingerprint density at radius 2 is 1.88 bits per heavy atom. The number of thioether (sulfide) groups is 1. The quantitative estimate of drug-likeness (QED) is 0.357. The van der Waals surface area contributed by atoms with Gasteiger partial charge in [-0.2, -0.15) is 0 Å². The summed E-state index contributed by atoms with van der Waals surface area (Å²) in [4.78, 5) is 17.9. The van der Waals surface area contributed by atoms with Gasteiger partial charge in [0.05, 0.1) is 16.6 Å². The number of benzene rings is 2. The zero-order valence-electron chi connectivity index (χ0n) is 13.6. The SMILES string of the molecule is Cc1ccccc1-n1c(SC[C@@H]2CC2(Cl)Cl)nc2ccccc2c1=O. The Kier molecular flexibility index (Phi) is 4.30. The van der Waals surface area contributed by atoms with Gasteiger partial charge in [-0.15, -0.1) is 23.2 Å². The predicted molar refractivity (Wildman–Crippen MR) is 105 cm³/mol. The Balaban J connectivity index is 1.86. The molecule has 25 heavy (non-hydrogen) atoms. The van der Waals surface area contributed by atoms with Crippen LogP contribution in [0.2, 0.25) is 0 Å². The van der Waals surface area contributed by atoms with Gasteiger partial charge < -0.3 is 0 Å². The van der Waals surface area contributed by atoms with E-state index in [4.69, 9.17) is 28.2 Å². The van der Waals surface area contributed by atoms with E-state index in [0.717, 1.165) is 23.4 Å². The van der Waals surface area contributed by atoms with Crippen molar-refractivity contribution in [1.29, 1.82) is 0 Å². The van der Waals surface area contributed by atoms with Gasteiger partial charge in [-0.3, -0.25) is 9.36 Å². The zero-order valence-corrected chi connectivity index (χ0v) is 15.9. The summed E-state index contributed by atoms with van der Waals surface area (Å²) in [6.45, 7) is 1.99. The molecule has 1 fully saturated rings. The molecule has 1 aliphatic carbocycles. The minimum Gasteiger partial charge on any atom is -0.268 e. The molecule has 0 unspecified atom stereocenters. The van der Waals surface area contributed by atoms with E-state index >= 15 is 0 Å². The standard InChI is InChI=1S/C19H16Cl2N2OS/c1-12-6-2-5-9-16(12)23-17(24)14-7-3-4-8-15(14)22-18(23)25-11-13-10-19(13,20)21/h2-9,13H,10-11H2,1H3/t13-/m0/s1. The number of nitrogens with zero attached hydrogens (tertiary/aromatic N) is 2. The molecule has 2 aromatic carbocycles. The molecule has 3 nitrogen and oxygen atoms in total. The van der Waals surface area contributed by atoms with Gasteiger partial charge in [-0.1, -0.05) is 42.1 Å². The van der Waals surface area contributed by atoms with E-state index in [0.29, 0.717) is 16.1 Å². The number of hydrogen-bond donors (Lipinski definition) is 0. The third-order valence-corrected chi connectivity index (χ3v) is 6.50. The van der Waals surface area contributed by atoms with Gasteiger partial charge in [0.25, 0.3) is 5.56 Å². The molecule has 1 aromatic heterocycles. The Morgan fingerprint density at radius 3 is 2.60 bits per heavy atom. The molecule has 0 saturated heterocycles. The van der Waals surface area contributed by atoms with Crippen LogP contribution >= 0.6 is 35.0 Å². The second-order valence-corrected chi connectivity index (χ2v) is 8.84. The lowest BCUT2D eigenvalue weighted by Gasteiger charge is -2.15. The fourth-order valence-corrected chi connectivity index (χ4v) is 4.80. The third-order valence-electron chi connectivity index (χ3n) is 4.47. The molecule has 4 rings (SSSR count). The van der Waals surface area contributed by atoms with Crippen molar-refractivity contribution in [3.05, 3.63) is 64.4 Å². The molecular weight excluding hydrogens is 375 g/mol. The number of rotatable bonds is 4. The molecule has 0 spiro atoms. The highest BCUT2D eigenvalue weighted by Crippen LogP contribution is 2.54. The maximum atomic E-state index is 13.1. The summed E-state index contributed by atoms with van der Waals surface area (Å²) in [6, 6.07) is 15.3. The molecule has 0 radical (unpaired) electrons. The van der Waals surface area contributed by atoms with Crippen molar-refractivity contribution >= 4 is 45.9 Å². The number of para-hydroxylation sites is 2. The summed E-state index contributed by atoms with van der Waals surface area (Å²) in [5.74, 6) is 0.971. The van der Waals surface area contributed by atoms with Gasteiger partial charge in [0.2, 0.25) is 0 Å². The van der Waals surface area contributed by atoms with Crippen molar-refractivity contribution in [3.63, 3.8) is 0 Å². The van der Waals surface area contributed by atoms with Gasteiger partial charge in [-0.05, 0) is 37.1 Å². The highest BCUT2D eigenvalue weighted by atomic mass is 35.5. The van der Waals surface area contributed by atoms with Crippen LogP contribution in [0.5, 0.6) is 0 Å². The average Bonchev–Trinajstić information content (AvgIpc) is 3.21. The van der Waals surface area contributed by atoms with E-state index in [1.807, 2.05) is 55.5 Å². The molecule has 6 heteroatoms. The number of aryl methyl sites for hydroxylation is 1. The molecule has 1 saturated carbocycles. The van der Waals surface area contributed by atoms with Crippen LogP contribution in [0.15, 0.2) is 58.5 Å². The minimum absolute atomic E-state index is 0.0544. The molecule has 1 heterocycles. The van der Waals surface area contributed by atoms with E-state index < -0.39 is 4.33 Å². The van der Waals surface area contributed by atoms with Crippen molar-refractivity contribution < 1.29 is 0 Å². The number of halogens is 2. The summed E-state index contributed by atoms with van der Waals surface area (Å²) in [6.07, 6.45) is 0.783. The smallest absolute Gasteiger partial charge is 0.266 e. The topological polar surface area (TPSA) is 34.9 Å². The van der Waals surface area contributed by atoms with Crippen LogP contribution in [0.25, 0.3) is 16.6 Å². The molecule has 0 aliphatic heterocycles. The van der Waals surface area contributed by atoms with E-state index in [2.05, 4.69) is 0 Å². The van der Waals surface area contributed by atoms with Gasteiger partial charge in [-0.25, -0.2) is 4.98 Å². The fraction of sp³-hybridized carbons (Fsp3) is 0.263. The first-order valence-electron chi connectivity index (χ1n) is 8.06. The lowest BCUT2D eigenvalue weighted by molar-refractivity contribution is 0.811. The van der Waals surface area contributed by atoms with Gasteiger partial charge in [0.15, 0.2) is 5.16 Å². The number of aromatic nitrogens is 2. The number of fused-ring (bicyclic) bond motifs is 1. The number of hydrogen-bond acceptors (Lipinski definition) is 3. The highest BCUT2D eigenvalue weighted by molar-refractivity contribution is 7.99. The third kappa shape index (κ3) is 3.19. The van der Waals surface area contributed by atoms with Crippen molar-refractivity contribution in [2.45, 2.75) is 22.8 Å². The minimum atomic E-state index is -0.627. The molecule has 0 bridgehead atoms. The molecule has 128 valence electrons. The summed E-state index contributed by atoms with van der Waals surface area (Å²) in [5.41, 5.74) is 2.53. The van der Waals surface area contributed by atoms with Crippen molar-refractivity contribution in [2.24, 2.45) is 5.92 Å². The molecule has 1 atom stereocenters. The van der Waals surface area contributed by atoms with Crippen LogP contribution in [0.3, 0.4) is 0 Å². The van der Waals surface area contributed by atoms with Gasteiger partial charge in [0.1, 0.15) is 4.33 Å². The molecule has 0 N–H and O–H groups in total. The van der Waals surface area contributed by atoms with Gasteiger partial charge in [0, 0.05) is 11.7 Å². The van der Waals surface area contributed by atoms with E-state index in [-0.39, 0.29) is 11.5 Å². The van der Waals surface area contributed by atoms with Crippen LogP contribution in [0.4, 0.5) is 0 Å². The Bertz CT molecular complexity index is 1020. The highest BCUT2D eigenvalue weighted by Gasteiger charge is 2.51. The van der Waals surface area contributed by atoms with Crippen molar-refractivity contribution in [3.8, 4) is 5.69 Å². The van der Waals surface area contributed by atoms with Crippen LogP contribution in [0.1, 0.15) is 12.0 Å². The van der Waals surface area contributed by atoms with Crippen LogP contribution in [0, 0.1) is 12.8 Å². The first-order valence-corrected chi connectivity index (χ1v) is 9.80. The van der Waals surface area contributed by atoms with E-state index in [1.165, 1.54) is 11.8 Å². The molecule has 0 amide bonds. The van der Waals surface area contributed by atoms with Crippen molar-refractivity contribution in [1.82, 2.24) is 9.55 Å². The largest absolute Gasteiger partial charge is 0.268 e. The molecule has 3 aromatic rings. The van der Waals surface area contributed by atoms with Crippen LogP contribution in [-0.2, 0) is 0 Å². The van der Waals surface area contributed by atoms with E-state index in [9.17, 15) is 4.79 Å². The predicted octanol–water partition coefficient (Wildman–Crippen LogP) is 4.98. The lowest BCUT2D eigenvalue weighted by Crippen LogP contribution is -2.22. The first kappa shape index (κ1) is 17.0. The van der Waals surface area contributed by atoms with Crippen LogP contribution < -0.4 is 5.56 Å². The second-order valence-electron chi connectivity index (χ2n) is 6.31. The summed E-state index contributed by atoms with van der Waals surface area (Å²) in [5, 5.41) is 1.29. The van der Waals surface area contributed by atoms with E-state index in [1.54, 1.807) is 4.57 Å².